The number of carbonyl (C=O) groups excluding carboxylic acids is 2. The minimum Gasteiger partial charge on any atom is -0.339 e. The second-order valence-electron chi connectivity index (χ2n) is 5.86. The van der Waals surface area contributed by atoms with Gasteiger partial charge in [-0.15, -0.1) is 11.8 Å². The molecule has 0 saturated carbocycles. The third-order valence-electron chi connectivity index (χ3n) is 4.55. The molecule has 1 aromatic rings. The summed E-state index contributed by atoms with van der Waals surface area (Å²) in [7, 11) is 0. The first kappa shape index (κ1) is 17.9. The molecule has 0 radical (unpaired) electrons. The van der Waals surface area contributed by atoms with Crippen molar-refractivity contribution in [3.05, 3.63) is 29.8 Å². The molecule has 1 aromatic carbocycles. The average Bonchev–Trinajstić information content (AvgIpc) is 2.62. The van der Waals surface area contributed by atoms with Crippen LogP contribution in [0.15, 0.2) is 29.2 Å². The van der Waals surface area contributed by atoms with Crippen LogP contribution in [0.25, 0.3) is 0 Å². The Morgan fingerprint density at radius 3 is 2.00 bits per heavy atom. The fraction of sp³-hybridized carbons (Fsp3) is 0.556. The Hall–Kier alpha value is -1.49. The number of piperazine rings is 1. The molecule has 0 spiro atoms. The number of rotatable bonds is 5. The molecular formula is C18H26N2O2S. The van der Waals surface area contributed by atoms with Crippen LogP contribution in [0.3, 0.4) is 0 Å². The van der Waals surface area contributed by atoms with Gasteiger partial charge in [0.1, 0.15) is 0 Å². The summed E-state index contributed by atoms with van der Waals surface area (Å²) < 4.78 is 0. The Morgan fingerprint density at radius 1 is 1.00 bits per heavy atom. The molecule has 2 amide bonds. The summed E-state index contributed by atoms with van der Waals surface area (Å²) in [4.78, 5) is 29.9. The van der Waals surface area contributed by atoms with E-state index in [1.165, 1.54) is 0 Å². The normalized spacial score (nSPS) is 15.1. The molecule has 1 aliphatic rings. The first-order chi connectivity index (χ1) is 11.1. The van der Waals surface area contributed by atoms with Crippen molar-refractivity contribution in [1.29, 1.82) is 0 Å². The summed E-state index contributed by atoms with van der Waals surface area (Å²) >= 11 is 1.67. The zero-order valence-electron chi connectivity index (χ0n) is 14.2. The second-order valence-corrected chi connectivity index (χ2v) is 6.74. The highest BCUT2D eigenvalue weighted by Crippen LogP contribution is 2.18. The van der Waals surface area contributed by atoms with Gasteiger partial charge in [-0.05, 0) is 43.4 Å². The van der Waals surface area contributed by atoms with Crippen LogP contribution in [0.1, 0.15) is 37.0 Å². The first-order valence-corrected chi connectivity index (χ1v) is 9.55. The third kappa shape index (κ3) is 4.28. The smallest absolute Gasteiger partial charge is 0.253 e. The Morgan fingerprint density at radius 2 is 1.52 bits per heavy atom. The summed E-state index contributed by atoms with van der Waals surface area (Å²) in [6.07, 6.45) is 3.79. The molecule has 0 aromatic heterocycles. The summed E-state index contributed by atoms with van der Waals surface area (Å²) in [5.74, 6) is 0.426. The van der Waals surface area contributed by atoms with Crippen molar-refractivity contribution >= 4 is 23.6 Å². The highest BCUT2D eigenvalue weighted by molar-refractivity contribution is 7.98. The van der Waals surface area contributed by atoms with Gasteiger partial charge in [0.05, 0.1) is 0 Å². The van der Waals surface area contributed by atoms with Crippen molar-refractivity contribution in [2.75, 3.05) is 32.4 Å². The number of benzene rings is 1. The average molecular weight is 334 g/mol. The second kappa shape index (κ2) is 8.39. The quantitative estimate of drug-likeness (QED) is 0.777. The molecule has 0 bridgehead atoms. The molecule has 0 N–H and O–H groups in total. The maximum Gasteiger partial charge on any atom is 0.253 e. The van der Waals surface area contributed by atoms with Gasteiger partial charge in [-0.25, -0.2) is 0 Å². The lowest BCUT2D eigenvalue weighted by Gasteiger charge is -2.36. The van der Waals surface area contributed by atoms with Crippen LogP contribution in [0.4, 0.5) is 0 Å². The predicted molar refractivity (Wildman–Crippen MR) is 94.8 cm³/mol. The first-order valence-electron chi connectivity index (χ1n) is 8.32. The van der Waals surface area contributed by atoms with E-state index in [0.29, 0.717) is 26.2 Å². The molecule has 1 heterocycles. The van der Waals surface area contributed by atoms with E-state index in [9.17, 15) is 9.59 Å². The van der Waals surface area contributed by atoms with Crippen LogP contribution in [0.5, 0.6) is 0 Å². The van der Waals surface area contributed by atoms with Gasteiger partial charge in [-0.3, -0.25) is 9.59 Å². The minimum atomic E-state index is 0.0623. The van der Waals surface area contributed by atoms with Gasteiger partial charge in [-0.2, -0.15) is 0 Å². The van der Waals surface area contributed by atoms with Crippen LogP contribution < -0.4 is 0 Å². The lowest BCUT2D eigenvalue weighted by atomic mass is 10.0. The fourth-order valence-corrected chi connectivity index (χ4v) is 3.35. The van der Waals surface area contributed by atoms with E-state index in [0.717, 1.165) is 23.3 Å². The molecular weight excluding hydrogens is 308 g/mol. The van der Waals surface area contributed by atoms with E-state index in [2.05, 4.69) is 13.8 Å². The largest absolute Gasteiger partial charge is 0.339 e. The molecule has 1 fully saturated rings. The number of thioether (sulfide) groups is 1. The molecule has 0 atom stereocenters. The van der Waals surface area contributed by atoms with E-state index < -0.39 is 0 Å². The van der Waals surface area contributed by atoms with Gasteiger partial charge in [0, 0.05) is 42.6 Å². The lowest BCUT2D eigenvalue weighted by molar-refractivity contribution is -0.137. The maximum absolute atomic E-state index is 12.5. The van der Waals surface area contributed by atoms with Crippen molar-refractivity contribution in [3.63, 3.8) is 0 Å². The van der Waals surface area contributed by atoms with Crippen molar-refractivity contribution in [2.24, 2.45) is 5.92 Å². The molecule has 5 heteroatoms. The van der Waals surface area contributed by atoms with Gasteiger partial charge < -0.3 is 9.80 Å². The summed E-state index contributed by atoms with van der Waals surface area (Å²) in [6, 6.07) is 7.72. The topological polar surface area (TPSA) is 40.6 Å². The van der Waals surface area contributed by atoms with Gasteiger partial charge in [0.25, 0.3) is 5.91 Å². The van der Waals surface area contributed by atoms with Crippen LogP contribution in [-0.4, -0.2) is 54.0 Å². The Kier molecular flexibility index (Phi) is 6.51. The zero-order valence-corrected chi connectivity index (χ0v) is 15.1. The summed E-state index contributed by atoms with van der Waals surface area (Å²) in [6.45, 7) is 6.64. The van der Waals surface area contributed by atoms with Gasteiger partial charge >= 0.3 is 0 Å². The van der Waals surface area contributed by atoms with Gasteiger partial charge in [0.2, 0.25) is 5.91 Å². The SMILES string of the molecule is CCC(CC)C(=O)N1CCN(C(=O)c2ccc(SC)cc2)CC1. The fourth-order valence-electron chi connectivity index (χ4n) is 2.94. The minimum absolute atomic E-state index is 0.0623. The Bertz CT molecular complexity index is 532. The Balaban J connectivity index is 1.93. The molecule has 2 rings (SSSR count). The van der Waals surface area contributed by atoms with Crippen LogP contribution in [-0.2, 0) is 4.79 Å². The van der Waals surface area contributed by atoms with E-state index >= 15 is 0 Å². The molecule has 23 heavy (non-hydrogen) atoms. The number of hydrogen-bond donors (Lipinski definition) is 0. The number of amides is 2. The van der Waals surface area contributed by atoms with Crippen molar-refractivity contribution in [1.82, 2.24) is 9.80 Å². The third-order valence-corrected chi connectivity index (χ3v) is 5.29. The summed E-state index contributed by atoms with van der Waals surface area (Å²) in [5, 5.41) is 0. The predicted octanol–water partition coefficient (Wildman–Crippen LogP) is 3.13. The molecule has 1 aliphatic heterocycles. The van der Waals surface area contributed by atoms with E-state index in [-0.39, 0.29) is 17.7 Å². The number of nitrogens with zero attached hydrogens (tertiary/aromatic N) is 2. The summed E-state index contributed by atoms with van der Waals surface area (Å²) in [5.41, 5.74) is 0.725. The standard InChI is InChI=1S/C18H26N2O2S/c1-4-14(5-2)17(21)19-10-12-20(13-11-19)18(22)15-6-8-16(23-3)9-7-15/h6-9,14H,4-5,10-13H2,1-3H3. The van der Waals surface area contributed by atoms with Crippen LogP contribution >= 0.6 is 11.8 Å². The van der Waals surface area contributed by atoms with Gasteiger partial charge in [-0.1, -0.05) is 13.8 Å². The molecule has 0 unspecified atom stereocenters. The lowest BCUT2D eigenvalue weighted by Crippen LogP contribution is -2.51. The van der Waals surface area contributed by atoms with Crippen molar-refractivity contribution in [3.8, 4) is 0 Å². The monoisotopic (exact) mass is 334 g/mol. The maximum atomic E-state index is 12.5. The van der Waals surface area contributed by atoms with Crippen LogP contribution in [0, 0.1) is 5.92 Å². The molecule has 126 valence electrons. The van der Waals surface area contributed by atoms with Gasteiger partial charge in [0.15, 0.2) is 0 Å². The van der Waals surface area contributed by atoms with E-state index in [1.807, 2.05) is 40.3 Å². The van der Waals surface area contributed by atoms with E-state index in [1.54, 1.807) is 11.8 Å². The number of hydrogen-bond acceptors (Lipinski definition) is 3. The molecule has 0 aliphatic carbocycles. The Labute approximate surface area is 143 Å². The highest BCUT2D eigenvalue weighted by Gasteiger charge is 2.27. The van der Waals surface area contributed by atoms with E-state index in [4.69, 9.17) is 0 Å². The molecule has 1 saturated heterocycles. The van der Waals surface area contributed by atoms with Crippen molar-refractivity contribution < 1.29 is 9.59 Å². The van der Waals surface area contributed by atoms with Crippen LogP contribution in [0.2, 0.25) is 0 Å². The number of carbonyl (C=O) groups is 2. The highest BCUT2D eigenvalue weighted by atomic mass is 32.2. The van der Waals surface area contributed by atoms with Crippen molar-refractivity contribution in [2.45, 2.75) is 31.6 Å². The molecule has 4 nitrogen and oxygen atoms in total. The zero-order chi connectivity index (χ0) is 16.8.